The number of fused-ring (bicyclic) bond motifs is 2. The van der Waals surface area contributed by atoms with Crippen molar-refractivity contribution in [3.8, 4) is 0 Å². The fraction of sp³-hybridized carbons (Fsp3) is 0.417. The maximum atomic E-state index is 2.65. The first kappa shape index (κ1) is 26.3. The van der Waals surface area contributed by atoms with Gasteiger partial charge in [-0.15, -0.1) is 24.8 Å². The molecule has 0 bridgehead atoms. The molecule has 1 aliphatic heterocycles. The van der Waals surface area contributed by atoms with E-state index in [0.29, 0.717) is 6.04 Å². The van der Waals surface area contributed by atoms with Gasteiger partial charge in [-0.2, -0.15) is 0 Å². The standard InChI is InChI=1S/C13H18N.C9H7S.2CH3.2ClH.H2Si.Zr/c1-9-6-11-8-10(2)14(12(11)7-9)13(3,4)5;1-10-9-6-5-7-3-2-4-8(7)9;;;;;;/h7-8,10H,1-5H3;2-3,5-6H,1H3;2*1H3;2*1H;1H2;. The van der Waals surface area contributed by atoms with Gasteiger partial charge in [0.25, 0.3) is 0 Å². The number of thioether (sulfide) groups is 1. The predicted molar refractivity (Wildman–Crippen MR) is 141 cm³/mol. The average molecular weight is 560 g/mol. The summed E-state index contributed by atoms with van der Waals surface area (Å²) in [7, 11) is 0. The number of hydrogen-bond donors (Lipinski definition) is 0. The van der Waals surface area contributed by atoms with Crippen LogP contribution >= 0.6 is 36.6 Å². The molecule has 4 aliphatic rings. The first-order chi connectivity index (χ1) is 12.8. The van der Waals surface area contributed by atoms with Crippen LogP contribution in [0.25, 0.3) is 0 Å². The number of nitrogens with zero attached hydrogens (tertiary/aromatic N) is 1. The molecule has 0 saturated carbocycles. The van der Waals surface area contributed by atoms with Gasteiger partial charge >= 0.3 is 179 Å². The molecule has 0 fully saturated rings. The summed E-state index contributed by atoms with van der Waals surface area (Å²) in [6.07, 6.45) is 16.7. The molecule has 1 atom stereocenters. The van der Waals surface area contributed by atoms with Crippen LogP contribution in [0.5, 0.6) is 0 Å². The van der Waals surface area contributed by atoms with Crippen LogP contribution in [-0.4, -0.2) is 29.6 Å². The minimum absolute atomic E-state index is 0. The second-order valence-electron chi connectivity index (χ2n) is 10.6. The summed E-state index contributed by atoms with van der Waals surface area (Å²) in [6.45, 7) is 14.1. The monoisotopic (exact) mass is 557 g/mol. The minimum Gasteiger partial charge on any atom is -0.147 e. The summed E-state index contributed by atoms with van der Waals surface area (Å²) in [5.74, 6) is 0. The number of allylic oxidation sites excluding steroid dienone is 10. The van der Waals surface area contributed by atoms with Crippen molar-refractivity contribution >= 4 is 43.5 Å². The fourth-order valence-corrected chi connectivity index (χ4v) is 21.9. The summed E-state index contributed by atoms with van der Waals surface area (Å²) >= 11 is -1.50. The van der Waals surface area contributed by atoms with E-state index >= 15 is 0 Å². The molecule has 0 aromatic carbocycles. The maximum absolute atomic E-state index is 3.39. The van der Waals surface area contributed by atoms with Crippen molar-refractivity contribution in [2.75, 3.05) is 6.26 Å². The van der Waals surface area contributed by atoms with E-state index in [1.165, 1.54) is 32.9 Å². The Kier molecular flexibility index (Phi) is 7.09. The van der Waals surface area contributed by atoms with Gasteiger partial charge in [0.2, 0.25) is 0 Å². The van der Waals surface area contributed by atoms with Crippen molar-refractivity contribution in [3.05, 3.63) is 75.9 Å². The van der Waals surface area contributed by atoms with Crippen molar-refractivity contribution < 1.29 is 17.4 Å². The van der Waals surface area contributed by atoms with E-state index in [4.69, 9.17) is 0 Å². The van der Waals surface area contributed by atoms with E-state index < -0.39 is 17.4 Å². The third-order valence-corrected chi connectivity index (χ3v) is 22.6. The van der Waals surface area contributed by atoms with Gasteiger partial charge in [0.15, 0.2) is 0 Å². The zero-order valence-electron chi connectivity index (χ0n) is 19.4. The molecule has 164 valence electrons. The molecule has 1 nitrogen and oxygen atoms in total. The summed E-state index contributed by atoms with van der Waals surface area (Å²) < 4.78 is 8.66. The molecule has 3 aliphatic carbocycles. The number of hydrogen-bond acceptors (Lipinski definition) is 2. The first-order valence-corrected chi connectivity index (χ1v) is 24.8. The molecular weight excluding hydrogens is 525 g/mol. The predicted octanol–water partition coefficient (Wildman–Crippen LogP) is 6.78. The third kappa shape index (κ3) is 3.73. The summed E-state index contributed by atoms with van der Waals surface area (Å²) in [5, 5.41) is 0. The molecule has 30 heavy (non-hydrogen) atoms. The Morgan fingerprint density at radius 3 is 2.30 bits per heavy atom. The van der Waals surface area contributed by atoms with Gasteiger partial charge in [0.05, 0.1) is 0 Å². The summed E-state index contributed by atoms with van der Waals surface area (Å²) in [4.78, 5) is 4.06. The molecule has 1 heterocycles. The van der Waals surface area contributed by atoms with Crippen LogP contribution in [0.4, 0.5) is 0 Å². The van der Waals surface area contributed by atoms with Crippen LogP contribution in [0.1, 0.15) is 34.6 Å². The van der Waals surface area contributed by atoms with E-state index in [-0.39, 0.29) is 30.4 Å². The molecule has 0 spiro atoms. The quantitative estimate of drug-likeness (QED) is 0.351. The molecule has 0 aromatic heterocycles. The summed E-state index contributed by atoms with van der Waals surface area (Å²) in [5.41, 5.74) is 7.58. The Morgan fingerprint density at radius 1 is 1.10 bits per heavy atom. The van der Waals surface area contributed by atoms with Gasteiger partial charge < -0.3 is 0 Å². The first-order valence-electron chi connectivity index (χ1n) is 10.3. The van der Waals surface area contributed by atoms with E-state index in [0.717, 1.165) is 0 Å². The Hall–Kier alpha value is 0.01000. The normalized spacial score (nSPS) is 23.0. The average Bonchev–Trinajstić information content (AvgIpc) is 3.23. The van der Waals surface area contributed by atoms with Gasteiger partial charge in [0.1, 0.15) is 0 Å². The molecule has 4 rings (SSSR count). The van der Waals surface area contributed by atoms with Crippen LogP contribution in [-0.2, 0) is 17.4 Å². The van der Waals surface area contributed by atoms with Crippen molar-refractivity contribution in [1.82, 2.24) is 4.90 Å². The van der Waals surface area contributed by atoms with E-state index in [2.05, 4.69) is 98.4 Å². The van der Waals surface area contributed by atoms with Crippen molar-refractivity contribution in [2.45, 2.75) is 55.5 Å². The van der Waals surface area contributed by atoms with Crippen LogP contribution in [0.2, 0.25) is 9.26 Å². The summed E-state index contributed by atoms with van der Waals surface area (Å²) in [6, 6.07) is 0.457. The second kappa shape index (κ2) is 8.10. The van der Waals surface area contributed by atoms with Gasteiger partial charge in [-0.3, -0.25) is 0 Å². The van der Waals surface area contributed by atoms with Gasteiger partial charge in [-0.25, -0.2) is 0 Å². The minimum atomic E-state index is -3.39. The molecule has 0 aromatic rings. The molecule has 0 saturated heterocycles. The molecule has 0 N–H and O–H groups in total. The molecule has 1 unspecified atom stereocenters. The third-order valence-electron chi connectivity index (χ3n) is 6.62. The van der Waals surface area contributed by atoms with Crippen molar-refractivity contribution in [2.24, 2.45) is 0 Å². The zero-order chi connectivity index (χ0) is 20.7. The molecular formula is C24H35Cl2NSSiZr. The molecule has 0 amide bonds. The molecule has 6 heteroatoms. The molecule has 0 radical (unpaired) electrons. The Bertz CT molecular complexity index is 1090. The van der Waals surface area contributed by atoms with Crippen molar-refractivity contribution in [3.63, 3.8) is 0 Å². The second-order valence-corrected chi connectivity index (χ2v) is 39.8. The van der Waals surface area contributed by atoms with Crippen LogP contribution < -0.4 is 0 Å². The van der Waals surface area contributed by atoms with Crippen LogP contribution in [0.3, 0.4) is 0 Å². The largest absolute Gasteiger partial charge is 0.147 e. The Labute approximate surface area is 201 Å². The fourth-order valence-electron chi connectivity index (χ4n) is 5.77. The Balaban J connectivity index is 0.00000160. The topological polar surface area (TPSA) is 3.24 Å². The van der Waals surface area contributed by atoms with Crippen LogP contribution in [0, 0.1) is 0 Å². The zero-order valence-corrected chi connectivity index (χ0v) is 25.7. The smallest absolute Gasteiger partial charge is 0.147 e. The van der Waals surface area contributed by atoms with E-state index in [1.54, 1.807) is 6.56 Å². The van der Waals surface area contributed by atoms with Crippen LogP contribution in [0.15, 0.2) is 75.9 Å². The van der Waals surface area contributed by atoms with Crippen molar-refractivity contribution in [1.29, 1.82) is 0 Å². The number of rotatable bonds is 3. The van der Waals surface area contributed by atoms with Gasteiger partial charge in [-0.1, -0.05) is 0 Å². The Morgan fingerprint density at radius 2 is 1.73 bits per heavy atom. The van der Waals surface area contributed by atoms with E-state index in [1.807, 2.05) is 11.8 Å². The van der Waals surface area contributed by atoms with E-state index in [9.17, 15) is 0 Å². The van der Waals surface area contributed by atoms with Gasteiger partial charge in [-0.05, 0) is 0 Å². The maximum Gasteiger partial charge on any atom is -0.147 e. The SMILES string of the molecule is CSC1=C2C(=CC=[C]2[Zr]([CH3])([CH3])(=[SiH2])[C]2=C(C)C=C3C2=CC(C)N3C(C)(C)C)C=C1.Cl.Cl. The van der Waals surface area contributed by atoms with Gasteiger partial charge in [0, 0.05) is 0 Å². The number of halogens is 2.